The molecule has 3 aromatic carbocycles. The van der Waals surface area contributed by atoms with E-state index >= 15 is 0 Å². The van der Waals surface area contributed by atoms with E-state index in [0.29, 0.717) is 36.8 Å². The van der Waals surface area contributed by atoms with Gasteiger partial charge in [-0.2, -0.15) is 5.26 Å². The number of nitrogens with zero attached hydrogens (tertiary/aromatic N) is 3. The van der Waals surface area contributed by atoms with Crippen molar-refractivity contribution in [1.82, 2.24) is 15.2 Å². The van der Waals surface area contributed by atoms with Gasteiger partial charge in [0.2, 0.25) is 0 Å². The SMILES string of the molecule is Cc1cc(OCc2cccc(-c3cccc(OCCCN4CC[C@@H](O)C4)c3C)c2C)cc(OCc2cncc(C#N)c2)c1CNC(CO)CO. The van der Waals surface area contributed by atoms with Crippen molar-refractivity contribution in [2.24, 2.45) is 0 Å². The Kier molecular flexibility index (Phi) is 13.2. The number of aliphatic hydroxyl groups excluding tert-OH is 3. The van der Waals surface area contributed by atoms with Crippen LogP contribution < -0.4 is 19.5 Å². The molecule has 5 rings (SSSR count). The maximum absolute atomic E-state index is 9.78. The number of pyridine rings is 1. The molecule has 1 saturated heterocycles. The van der Waals surface area contributed by atoms with Crippen LogP contribution in [0, 0.1) is 32.1 Å². The highest BCUT2D eigenvalue weighted by molar-refractivity contribution is 5.73. The normalized spacial score (nSPS) is 14.6. The first-order chi connectivity index (χ1) is 24.3. The van der Waals surface area contributed by atoms with E-state index in [1.165, 1.54) is 6.20 Å². The van der Waals surface area contributed by atoms with Crippen molar-refractivity contribution < 1.29 is 29.5 Å². The molecule has 1 aromatic heterocycles. The summed E-state index contributed by atoms with van der Waals surface area (Å²) in [5.74, 6) is 2.12. The molecule has 1 aliphatic heterocycles. The summed E-state index contributed by atoms with van der Waals surface area (Å²) in [5.41, 5.74) is 8.53. The van der Waals surface area contributed by atoms with E-state index in [2.05, 4.69) is 59.4 Å². The number of aromatic nitrogens is 1. The number of aryl methyl sites for hydroxylation is 1. The van der Waals surface area contributed by atoms with Gasteiger partial charge in [0.05, 0.1) is 37.5 Å². The molecular weight excluding hydrogens is 632 g/mol. The molecule has 0 bridgehead atoms. The average Bonchev–Trinajstić information content (AvgIpc) is 3.55. The summed E-state index contributed by atoms with van der Waals surface area (Å²) in [6.07, 6.45) is 4.73. The minimum Gasteiger partial charge on any atom is -0.493 e. The zero-order valence-electron chi connectivity index (χ0n) is 29.2. The van der Waals surface area contributed by atoms with Crippen LogP contribution in [0.4, 0.5) is 0 Å². The highest BCUT2D eigenvalue weighted by Gasteiger charge is 2.20. The lowest BCUT2D eigenvalue weighted by Crippen LogP contribution is -2.35. The van der Waals surface area contributed by atoms with Crippen LogP contribution >= 0.6 is 0 Å². The fraction of sp³-hybridized carbons (Fsp3) is 0.400. The standard InChI is InChI=1S/C40H48N4O6/c1-27-15-35(17-40(38(27)21-43-33(23-45)24-46)50-25-31-16-30(18-41)19-42-20-31)49-26-32-7-4-8-36(28(32)2)37-9-5-10-39(29(37)3)48-14-6-12-44-13-11-34(47)22-44/h4-5,7-10,15-17,19-20,33-34,43,45-47H,6,11-14,21-26H2,1-3H3/t34-/m1/s1. The summed E-state index contributed by atoms with van der Waals surface area (Å²) in [6, 6.07) is 19.6. The molecule has 264 valence electrons. The molecule has 0 spiro atoms. The largest absolute Gasteiger partial charge is 0.493 e. The van der Waals surface area contributed by atoms with Crippen LogP contribution in [0.15, 0.2) is 67.0 Å². The lowest BCUT2D eigenvalue weighted by atomic mass is 9.93. The van der Waals surface area contributed by atoms with Crippen molar-refractivity contribution in [2.75, 3.05) is 39.5 Å². The van der Waals surface area contributed by atoms with E-state index < -0.39 is 6.04 Å². The molecule has 50 heavy (non-hydrogen) atoms. The molecule has 4 N–H and O–H groups in total. The van der Waals surface area contributed by atoms with E-state index in [0.717, 1.165) is 82.7 Å². The molecule has 10 heteroatoms. The summed E-state index contributed by atoms with van der Waals surface area (Å²) in [7, 11) is 0. The summed E-state index contributed by atoms with van der Waals surface area (Å²) in [6.45, 7) is 9.96. The molecule has 10 nitrogen and oxygen atoms in total. The highest BCUT2D eigenvalue weighted by Crippen LogP contribution is 2.35. The number of ether oxygens (including phenoxy) is 3. The Morgan fingerprint density at radius 1 is 0.940 bits per heavy atom. The fourth-order valence-corrected chi connectivity index (χ4v) is 6.25. The van der Waals surface area contributed by atoms with Gasteiger partial charge in [0.15, 0.2) is 0 Å². The third-order valence-electron chi connectivity index (χ3n) is 9.27. The fourth-order valence-electron chi connectivity index (χ4n) is 6.25. The number of aliphatic hydroxyl groups is 3. The number of benzene rings is 3. The van der Waals surface area contributed by atoms with Gasteiger partial charge in [-0.05, 0) is 85.2 Å². The van der Waals surface area contributed by atoms with E-state index in [4.69, 9.17) is 14.2 Å². The van der Waals surface area contributed by atoms with Crippen molar-refractivity contribution in [3.8, 4) is 34.4 Å². The molecule has 4 aromatic rings. The second-order valence-corrected chi connectivity index (χ2v) is 12.9. The molecule has 1 atom stereocenters. The zero-order valence-corrected chi connectivity index (χ0v) is 29.2. The third kappa shape index (κ3) is 9.59. The maximum atomic E-state index is 9.78. The molecule has 0 unspecified atom stereocenters. The number of nitriles is 1. The van der Waals surface area contributed by atoms with Crippen molar-refractivity contribution >= 4 is 0 Å². The number of likely N-dealkylation sites (tertiary alicyclic amines) is 1. The molecule has 1 fully saturated rings. The molecule has 1 aliphatic rings. The minimum absolute atomic E-state index is 0.194. The minimum atomic E-state index is -0.462. The van der Waals surface area contributed by atoms with Gasteiger partial charge in [-0.15, -0.1) is 0 Å². The number of rotatable bonds is 17. The van der Waals surface area contributed by atoms with Crippen molar-refractivity contribution in [3.63, 3.8) is 0 Å². The Balaban J connectivity index is 1.29. The van der Waals surface area contributed by atoms with Gasteiger partial charge in [0.1, 0.15) is 36.5 Å². The van der Waals surface area contributed by atoms with Crippen molar-refractivity contribution in [3.05, 3.63) is 106 Å². The number of β-amino-alcohol motifs (C(OH)–C–C–N with tert-alkyl or cyclic N) is 1. The Labute approximate surface area is 294 Å². The average molecular weight is 681 g/mol. The monoisotopic (exact) mass is 680 g/mol. The highest BCUT2D eigenvalue weighted by atomic mass is 16.5. The smallest absolute Gasteiger partial charge is 0.128 e. The molecule has 0 amide bonds. The second-order valence-electron chi connectivity index (χ2n) is 12.9. The van der Waals surface area contributed by atoms with Crippen molar-refractivity contribution in [2.45, 2.75) is 65.5 Å². The number of hydrogen-bond acceptors (Lipinski definition) is 10. The lowest BCUT2D eigenvalue weighted by Gasteiger charge is -2.20. The van der Waals surface area contributed by atoms with Crippen LogP contribution in [0.3, 0.4) is 0 Å². The third-order valence-corrected chi connectivity index (χ3v) is 9.27. The van der Waals surface area contributed by atoms with E-state index in [1.807, 2.05) is 31.2 Å². The van der Waals surface area contributed by atoms with E-state index in [1.54, 1.807) is 12.3 Å². The van der Waals surface area contributed by atoms with Gasteiger partial charge >= 0.3 is 0 Å². The predicted octanol–water partition coefficient (Wildman–Crippen LogP) is 4.98. The Hall–Kier alpha value is -4.50. The van der Waals surface area contributed by atoms with Gasteiger partial charge in [-0.3, -0.25) is 4.98 Å². The summed E-state index contributed by atoms with van der Waals surface area (Å²) >= 11 is 0. The molecule has 0 saturated carbocycles. The van der Waals surface area contributed by atoms with Crippen LogP contribution in [-0.4, -0.2) is 76.8 Å². The topological polar surface area (TPSA) is 140 Å². The summed E-state index contributed by atoms with van der Waals surface area (Å²) < 4.78 is 18.9. The van der Waals surface area contributed by atoms with Crippen LogP contribution in [0.25, 0.3) is 11.1 Å². The molecular formula is C40H48N4O6. The number of nitrogens with one attached hydrogen (secondary N) is 1. The van der Waals surface area contributed by atoms with E-state index in [9.17, 15) is 20.6 Å². The van der Waals surface area contributed by atoms with Crippen LogP contribution in [0.2, 0.25) is 0 Å². The molecule has 0 aliphatic carbocycles. The van der Waals surface area contributed by atoms with E-state index in [-0.39, 0.29) is 25.9 Å². The van der Waals surface area contributed by atoms with Gasteiger partial charge in [-0.1, -0.05) is 30.3 Å². The van der Waals surface area contributed by atoms with Crippen LogP contribution in [-0.2, 0) is 19.8 Å². The first-order valence-corrected chi connectivity index (χ1v) is 17.2. The van der Waals surface area contributed by atoms with Crippen LogP contribution in [0.1, 0.15) is 51.8 Å². The number of hydrogen-bond donors (Lipinski definition) is 4. The molecule has 2 heterocycles. The Bertz CT molecular complexity index is 1770. The summed E-state index contributed by atoms with van der Waals surface area (Å²) in [4.78, 5) is 6.43. The predicted molar refractivity (Wildman–Crippen MR) is 192 cm³/mol. The van der Waals surface area contributed by atoms with Crippen LogP contribution in [0.5, 0.6) is 17.2 Å². The summed E-state index contributed by atoms with van der Waals surface area (Å²) in [5, 5.41) is 41.4. The first kappa shape index (κ1) is 36.8. The van der Waals surface area contributed by atoms with Gasteiger partial charge < -0.3 is 39.7 Å². The van der Waals surface area contributed by atoms with Gasteiger partial charge in [0.25, 0.3) is 0 Å². The maximum Gasteiger partial charge on any atom is 0.128 e. The first-order valence-electron chi connectivity index (χ1n) is 17.2. The van der Waals surface area contributed by atoms with Gasteiger partial charge in [-0.25, -0.2) is 0 Å². The van der Waals surface area contributed by atoms with Crippen molar-refractivity contribution in [1.29, 1.82) is 5.26 Å². The quantitative estimate of drug-likeness (QED) is 0.113. The molecule has 0 radical (unpaired) electrons. The van der Waals surface area contributed by atoms with Gasteiger partial charge in [0, 0.05) is 55.8 Å². The Morgan fingerprint density at radius 2 is 1.72 bits per heavy atom. The second kappa shape index (κ2) is 17.9. The zero-order chi connectivity index (χ0) is 35.5. The lowest BCUT2D eigenvalue weighted by molar-refractivity contribution is 0.169. The Morgan fingerprint density at radius 3 is 2.46 bits per heavy atom.